The van der Waals surface area contributed by atoms with Crippen LogP contribution in [0.1, 0.15) is 80.1 Å². The SMILES string of the molecule is CC(N)=NCCCCC(NC(NC(CCCCN=C(C)N)C(=O)O)(P=O)N(CC(=O)NC(CSCCN=C(C)N)C(=O)O)C(=O)OC(C)(C)C)C(=O)O. The van der Waals surface area contributed by atoms with Gasteiger partial charge in [0.05, 0.1) is 17.5 Å². The summed E-state index contributed by atoms with van der Waals surface area (Å²) < 4.78 is 18.9. The molecule has 3 unspecified atom stereocenters. The second-order valence-electron chi connectivity index (χ2n) is 13.0. The van der Waals surface area contributed by atoms with E-state index in [9.17, 15) is 43.9 Å². The number of amides is 2. The number of hydrogen-bond acceptors (Lipinski definition) is 13. The molecule has 2 amide bonds. The van der Waals surface area contributed by atoms with Crippen molar-refractivity contribution < 1.29 is 48.6 Å². The number of hydrogen-bond donors (Lipinski definition) is 9. The molecule has 0 aliphatic rings. The lowest BCUT2D eigenvalue weighted by atomic mass is 10.1. The normalized spacial score (nSPS) is 15.5. The van der Waals surface area contributed by atoms with Crippen LogP contribution in [0, 0.1) is 0 Å². The lowest BCUT2D eigenvalue weighted by Gasteiger charge is -2.42. The van der Waals surface area contributed by atoms with Crippen LogP contribution >= 0.6 is 20.2 Å². The van der Waals surface area contributed by atoms with Crippen molar-refractivity contribution in [2.75, 3.05) is 37.7 Å². The van der Waals surface area contributed by atoms with Gasteiger partial charge in [-0.1, -0.05) is 0 Å². The van der Waals surface area contributed by atoms with Gasteiger partial charge in [0.2, 0.25) is 19.9 Å². The number of unbranched alkanes of at least 4 members (excludes halogenated alkanes) is 2. The van der Waals surface area contributed by atoms with E-state index in [2.05, 4.69) is 30.9 Å². The van der Waals surface area contributed by atoms with Gasteiger partial charge in [0, 0.05) is 31.1 Å². The molecule has 0 bridgehead atoms. The molecule has 0 aromatic rings. The van der Waals surface area contributed by atoms with Gasteiger partial charge in [0.25, 0.3) is 0 Å². The minimum absolute atomic E-state index is 0.0995. The smallest absolute Gasteiger partial charge is 0.413 e. The summed E-state index contributed by atoms with van der Waals surface area (Å²) in [4.78, 5) is 77.3. The third-order valence-electron chi connectivity index (χ3n) is 6.82. The Morgan fingerprint density at radius 2 is 1.19 bits per heavy atom. The van der Waals surface area contributed by atoms with Crippen molar-refractivity contribution in [3.63, 3.8) is 0 Å². The maximum atomic E-state index is 13.9. The average molecular weight is 793 g/mol. The standard InChI is InChI=1S/C31H57N10O10PS/c1-19(32)35-13-9-7-11-22(26(43)44)39-31(52-50,40-23(27(45)46)12-8-10-14-36-20(2)33)41(29(49)51-30(4,5)6)17-25(42)38-24(28(47)48)18-53-16-15-37-21(3)34/h22-24,39-40H,7-18H2,1-6H3,(H2,32,35)(H2,33,36)(H2,34,37)(H,38,42)(H,43,44)(H,45,46)(H,47,48). The summed E-state index contributed by atoms with van der Waals surface area (Å²) in [5.41, 5.74) is 12.9. The molecule has 302 valence electrons. The summed E-state index contributed by atoms with van der Waals surface area (Å²) in [6, 6.07) is -4.56. The van der Waals surface area contributed by atoms with Crippen molar-refractivity contribution in [3.8, 4) is 0 Å². The van der Waals surface area contributed by atoms with Crippen LogP contribution in [0.2, 0.25) is 0 Å². The van der Waals surface area contributed by atoms with E-state index in [0.717, 1.165) is 0 Å². The van der Waals surface area contributed by atoms with E-state index in [1.807, 2.05) is 0 Å². The van der Waals surface area contributed by atoms with Crippen LogP contribution in [-0.2, 0) is 28.5 Å². The van der Waals surface area contributed by atoms with Crippen LogP contribution in [0.4, 0.5) is 4.79 Å². The first-order chi connectivity index (χ1) is 24.6. The molecular formula is C31H57N10O10PS. The van der Waals surface area contributed by atoms with Crippen molar-refractivity contribution in [2.45, 2.75) is 109 Å². The van der Waals surface area contributed by atoms with Gasteiger partial charge in [0.1, 0.15) is 30.3 Å². The number of carboxylic acid groups (broad SMARTS) is 3. The van der Waals surface area contributed by atoms with Gasteiger partial charge in [-0.05, 0) is 80.1 Å². The first-order valence-corrected chi connectivity index (χ1v) is 18.9. The lowest BCUT2D eigenvalue weighted by molar-refractivity contribution is -0.143. The number of ether oxygens (including phenoxy) is 1. The fourth-order valence-electron chi connectivity index (χ4n) is 4.41. The predicted molar refractivity (Wildman–Crippen MR) is 203 cm³/mol. The molecule has 3 atom stereocenters. The number of amidine groups is 3. The first-order valence-electron chi connectivity index (χ1n) is 16.9. The second kappa shape index (κ2) is 25.0. The number of carbonyl (C=O) groups excluding carboxylic acids is 2. The zero-order valence-electron chi connectivity index (χ0n) is 31.3. The monoisotopic (exact) mass is 792 g/mol. The molecule has 0 fully saturated rings. The summed E-state index contributed by atoms with van der Waals surface area (Å²) in [7, 11) is -1.07. The van der Waals surface area contributed by atoms with Crippen LogP contribution in [0.25, 0.3) is 0 Å². The van der Waals surface area contributed by atoms with Crippen LogP contribution in [0.3, 0.4) is 0 Å². The minimum atomic E-state index is -2.59. The number of aliphatic carboxylic acids is 3. The molecule has 0 spiro atoms. The van der Waals surface area contributed by atoms with Gasteiger partial charge in [-0.15, -0.1) is 0 Å². The number of nitrogens with one attached hydrogen (secondary N) is 3. The highest BCUT2D eigenvalue weighted by Crippen LogP contribution is 2.28. The van der Waals surface area contributed by atoms with Gasteiger partial charge >= 0.3 is 24.0 Å². The summed E-state index contributed by atoms with van der Waals surface area (Å²) in [6.45, 7) is 9.15. The number of nitrogens with two attached hydrogens (primary N) is 3. The number of nitrogens with zero attached hydrogens (tertiary/aromatic N) is 4. The molecule has 0 aromatic heterocycles. The summed E-state index contributed by atoms with van der Waals surface area (Å²) in [5, 5.41) is 37.8. The first kappa shape index (κ1) is 48.9. The topological polar surface area (TPSA) is 327 Å². The van der Waals surface area contributed by atoms with Crippen molar-refractivity contribution >= 4 is 67.6 Å². The van der Waals surface area contributed by atoms with E-state index in [1.165, 1.54) is 32.5 Å². The van der Waals surface area contributed by atoms with Crippen molar-refractivity contribution in [1.29, 1.82) is 0 Å². The highest BCUT2D eigenvalue weighted by molar-refractivity contribution is 7.99. The molecule has 0 saturated carbocycles. The lowest BCUT2D eigenvalue weighted by Crippen LogP contribution is -2.72. The van der Waals surface area contributed by atoms with Crippen molar-refractivity contribution in [3.05, 3.63) is 0 Å². The maximum absolute atomic E-state index is 13.9. The van der Waals surface area contributed by atoms with Gasteiger partial charge in [-0.2, -0.15) is 11.8 Å². The molecule has 12 N–H and O–H groups in total. The molecule has 53 heavy (non-hydrogen) atoms. The van der Waals surface area contributed by atoms with Crippen LogP contribution in [-0.4, -0.2) is 135 Å². The zero-order chi connectivity index (χ0) is 40.8. The highest BCUT2D eigenvalue weighted by Gasteiger charge is 2.48. The highest BCUT2D eigenvalue weighted by atomic mass is 32.2. The Balaban J connectivity index is 6.90. The van der Waals surface area contributed by atoms with Gasteiger partial charge in [-0.3, -0.25) is 49.5 Å². The third-order valence-corrected chi connectivity index (χ3v) is 8.63. The Hall–Kier alpha value is -4.07. The Kier molecular flexibility index (Phi) is 23.1. The van der Waals surface area contributed by atoms with Crippen molar-refractivity contribution in [2.24, 2.45) is 32.2 Å². The van der Waals surface area contributed by atoms with E-state index >= 15 is 0 Å². The Labute approximate surface area is 315 Å². The average Bonchev–Trinajstić information content (AvgIpc) is 3.02. The van der Waals surface area contributed by atoms with E-state index in [1.54, 1.807) is 20.8 Å². The molecular weight excluding hydrogens is 735 g/mol. The summed E-state index contributed by atoms with van der Waals surface area (Å²) in [5.74, 6) is -4.02. The fourth-order valence-corrected chi connectivity index (χ4v) is 5.92. The third kappa shape index (κ3) is 21.9. The minimum Gasteiger partial charge on any atom is -0.480 e. The van der Waals surface area contributed by atoms with E-state index in [4.69, 9.17) is 21.9 Å². The van der Waals surface area contributed by atoms with Crippen LogP contribution in [0.5, 0.6) is 0 Å². The van der Waals surface area contributed by atoms with E-state index in [0.29, 0.717) is 60.6 Å². The zero-order valence-corrected chi connectivity index (χ0v) is 33.0. The molecule has 0 saturated heterocycles. The van der Waals surface area contributed by atoms with Gasteiger partial charge < -0.3 is 42.6 Å². The number of carboxylic acids is 3. The van der Waals surface area contributed by atoms with Crippen molar-refractivity contribution in [1.82, 2.24) is 20.9 Å². The quantitative estimate of drug-likeness (QED) is 0.0184. The largest absolute Gasteiger partial charge is 0.480 e. The molecule has 22 heteroatoms. The molecule has 0 rings (SSSR count). The Morgan fingerprint density at radius 1 is 0.755 bits per heavy atom. The molecule has 20 nitrogen and oxygen atoms in total. The molecule has 0 aliphatic heterocycles. The van der Waals surface area contributed by atoms with Crippen LogP contribution in [0.15, 0.2) is 15.0 Å². The maximum Gasteiger partial charge on any atom is 0.413 e. The number of rotatable bonds is 27. The predicted octanol–water partition coefficient (Wildman–Crippen LogP) is 0.987. The molecule has 0 aliphatic carbocycles. The molecule has 0 aromatic carbocycles. The number of aliphatic imine (C=N–C) groups is 3. The number of thioether (sulfide) groups is 1. The number of carbonyl (C=O) groups is 5. The summed E-state index contributed by atoms with van der Waals surface area (Å²) >= 11 is 1.17. The Bertz CT molecular complexity index is 1270. The second-order valence-corrected chi connectivity index (χ2v) is 15.0. The molecule has 0 radical (unpaired) electrons. The van der Waals surface area contributed by atoms with Gasteiger partial charge in [-0.25, -0.2) is 9.59 Å². The molecule has 0 heterocycles. The van der Waals surface area contributed by atoms with Gasteiger partial charge in [0.15, 0.2) is 0 Å². The fraction of sp³-hybridized carbons (Fsp3) is 0.742. The van der Waals surface area contributed by atoms with E-state index in [-0.39, 0.29) is 31.4 Å². The Morgan fingerprint density at radius 3 is 1.57 bits per heavy atom. The summed E-state index contributed by atoms with van der Waals surface area (Å²) in [6.07, 6.45) is -0.176. The van der Waals surface area contributed by atoms with Crippen LogP contribution < -0.4 is 33.2 Å². The van der Waals surface area contributed by atoms with E-state index < -0.39 is 74.2 Å².